The van der Waals surface area contributed by atoms with Crippen molar-refractivity contribution in [3.05, 3.63) is 40.6 Å². The largest absolute Gasteiger partial charge is 0.606 e. The van der Waals surface area contributed by atoms with Crippen LogP contribution in [0, 0.1) is 5.21 Å². The number of nitrogens with zero attached hydrogens (tertiary/aromatic N) is 2. The van der Waals surface area contributed by atoms with Gasteiger partial charge < -0.3 is 5.21 Å². The summed E-state index contributed by atoms with van der Waals surface area (Å²) in [6, 6.07) is 6.56. The molecule has 0 bridgehead atoms. The summed E-state index contributed by atoms with van der Waals surface area (Å²) < 4.78 is -0.813. The molecule has 0 radical (unpaired) electrons. The number of carbonyl (C=O) groups is 2. The fourth-order valence-electron chi connectivity index (χ4n) is 2.14. The molecule has 1 aromatic rings. The first-order chi connectivity index (χ1) is 7.63. The molecule has 5 heteroatoms. The molecule has 0 saturated carbocycles. The van der Waals surface area contributed by atoms with Crippen LogP contribution in [0.3, 0.4) is 0 Å². The minimum atomic E-state index is -0.813. The van der Waals surface area contributed by atoms with Crippen LogP contribution in [-0.2, 0) is 0 Å². The zero-order valence-electron chi connectivity index (χ0n) is 8.55. The summed E-state index contributed by atoms with van der Waals surface area (Å²) in [5.41, 5.74) is 0.681. The maximum Gasteiger partial charge on any atom is 0.308 e. The standard InChI is InChI=1S/C11H10N2O3/c14-10-8-4-1-2-5-9(8)11(15)12(10)13(16)6-3-7-13/h1-2,4-5H,3,6-7H2. The van der Waals surface area contributed by atoms with Crippen molar-refractivity contribution in [2.45, 2.75) is 6.42 Å². The normalized spacial score (nSPS) is 21.9. The second-order valence-corrected chi connectivity index (χ2v) is 4.11. The minimum absolute atomic E-state index is 0.311. The highest BCUT2D eigenvalue weighted by atomic mass is 16.6. The van der Waals surface area contributed by atoms with Gasteiger partial charge in [-0.2, -0.15) is 0 Å². The molecule has 5 nitrogen and oxygen atoms in total. The Bertz CT molecular complexity index is 459. The number of benzene rings is 1. The predicted octanol–water partition coefficient (Wildman–Crippen LogP) is 0.916. The summed E-state index contributed by atoms with van der Waals surface area (Å²) in [6.07, 6.45) is 0.761. The number of imide groups is 1. The van der Waals surface area contributed by atoms with Crippen LogP contribution in [0.1, 0.15) is 27.1 Å². The molecule has 2 heterocycles. The lowest BCUT2D eigenvalue weighted by atomic mass is 10.1. The van der Waals surface area contributed by atoms with Gasteiger partial charge in [0.05, 0.1) is 17.5 Å². The summed E-state index contributed by atoms with van der Waals surface area (Å²) in [5, 5.41) is 12.9. The van der Waals surface area contributed by atoms with Crippen molar-refractivity contribution in [2.24, 2.45) is 0 Å². The number of carbonyl (C=O) groups excluding carboxylic acids is 2. The second kappa shape index (κ2) is 2.90. The van der Waals surface area contributed by atoms with E-state index in [-0.39, 0.29) is 0 Å². The molecule has 2 aliphatic heterocycles. The van der Waals surface area contributed by atoms with Crippen LogP contribution in [0.2, 0.25) is 0 Å². The van der Waals surface area contributed by atoms with Gasteiger partial charge in [0.2, 0.25) is 0 Å². The average Bonchev–Trinajstić information content (AvgIpc) is 2.50. The highest BCUT2D eigenvalue weighted by molar-refractivity contribution is 6.20. The fraction of sp³-hybridized carbons (Fsp3) is 0.273. The van der Waals surface area contributed by atoms with Gasteiger partial charge in [-0.3, -0.25) is 9.59 Å². The van der Waals surface area contributed by atoms with Gasteiger partial charge in [0.1, 0.15) is 13.1 Å². The Morgan fingerprint density at radius 3 is 1.94 bits per heavy atom. The van der Waals surface area contributed by atoms with E-state index in [0.29, 0.717) is 24.2 Å². The Kier molecular flexibility index (Phi) is 1.72. The third-order valence-electron chi connectivity index (χ3n) is 3.15. The van der Waals surface area contributed by atoms with E-state index in [0.717, 1.165) is 11.4 Å². The first-order valence-electron chi connectivity index (χ1n) is 5.20. The Labute approximate surface area is 92.0 Å². The van der Waals surface area contributed by atoms with E-state index < -0.39 is 16.6 Å². The van der Waals surface area contributed by atoms with Crippen LogP contribution >= 0.6 is 0 Å². The van der Waals surface area contributed by atoms with Gasteiger partial charge in [-0.1, -0.05) is 12.1 Å². The molecule has 0 aromatic heterocycles. The van der Waals surface area contributed by atoms with Gasteiger partial charge in [0.15, 0.2) is 0 Å². The van der Waals surface area contributed by atoms with Crippen LogP contribution < -0.4 is 0 Å². The summed E-state index contributed by atoms with van der Waals surface area (Å²) in [7, 11) is 0. The summed E-state index contributed by atoms with van der Waals surface area (Å²) in [6.45, 7) is 0.622. The highest BCUT2D eigenvalue weighted by Crippen LogP contribution is 2.31. The lowest BCUT2D eigenvalue weighted by Crippen LogP contribution is -2.65. The van der Waals surface area contributed by atoms with Crippen molar-refractivity contribution in [3.63, 3.8) is 0 Å². The highest BCUT2D eigenvalue weighted by Gasteiger charge is 2.48. The van der Waals surface area contributed by atoms with Gasteiger partial charge in [-0.15, -0.1) is 5.01 Å². The molecule has 82 valence electrons. The van der Waals surface area contributed by atoms with E-state index in [2.05, 4.69) is 0 Å². The number of hydrogen-bond donors (Lipinski definition) is 0. The molecular formula is C11H10N2O3. The summed E-state index contributed by atoms with van der Waals surface area (Å²) in [4.78, 5) is 23.9. The Morgan fingerprint density at radius 1 is 1.06 bits per heavy atom. The lowest BCUT2D eigenvalue weighted by molar-refractivity contribution is -1.00. The van der Waals surface area contributed by atoms with Crippen molar-refractivity contribution < 1.29 is 14.3 Å². The summed E-state index contributed by atoms with van der Waals surface area (Å²) in [5.74, 6) is -0.925. The van der Waals surface area contributed by atoms with Crippen molar-refractivity contribution in [1.29, 1.82) is 0 Å². The maximum atomic E-state index is 12.1. The quantitative estimate of drug-likeness (QED) is 0.400. The SMILES string of the molecule is O=C1c2ccccc2C(=O)N1[N+]1([O-])CCC1. The molecule has 0 spiro atoms. The second-order valence-electron chi connectivity index (χ2n) is 4.11. The van der Waals surface area contributed by atoms with E-state index >= 15 is 0 Å². The van der Waals surface area contributed by atoms with Gasteiger partial charge in [0.25, 0.3) is 0 Å². The van der Waals surface area contributed by atoms with Gasteiger partial charge in [-0.25, -0.2) is 4.76 Å². The van der Waals surface area contributed by atoms with Gasteiger partial charge in [-0.05, 0) is 12.1 Å². The zero-order chi connectivity index (χ0) is 11.3. The first-order valence-corrected chi connectivity index (χ1v) is 5.20. The molecule has 2 aliphatic rings. The Morgan fingerprint density at radius 2 is 1.56 bits per heavy atom. The number of quaternary nitrogens is 1. The zero-order valence-corrected chi connectivity index (χ0v) is 8.55. The number of hydroxylamine groups is 2. The Balaban J connectivity index is 2.08. The van der Waals surface area contributed by atoms with Crippen molar-refractivity contribution in [3.8, 4) is 0 Å². The minimum Gasteiger partial charge on any atom is -0.606 e. The molecular weight excluding hydrogens is 208 g/mol. The van der Waals surface area contributed by atoms with Crippen molar-refractivity contribution >= 4 is 11.8 Å². The monoisotopic (exact) mass is 218 g/mol. The van der Waals surface area contributed by atoms with Crippen LogP contribution in [0.4, 0.5) is 0 Å². The third-order valence-corrected chi connectivity index (χ3v) is 3.15. The predicted molar refractivity (Wildman–Crippen MR) is 54.9 cm³/mol. The molecule has 1 aromatic carbocycles. The Hall–Kier alpha value is -1.72. The van der Waals surface area contributed by atoms with E-state index in [9.17, 15) is 14.8 Å². The van der Waals surface area contributed by atoms with Crippen molar-refractivity contribution in [1.82, 2.24) is 5.01 Å². The molecule has 0 unspecified atom stereocenters. The topological polar surface area (TPSA) is 60.4 Å². The molecule has 0 atom stereocenters. The van der Waals surface area contributed by atoms with Crippen LogP contribution in [-0.4, -0.2) is 34.7 Å². The average molecular weight is 218 g/mol. The van der Waals surface area contributed by atoms with E-state index in [4.69, 9.17) is 0 Å². The molecule has 16 heavy (non-hydrogen) atoms. The molecule has 0 aliphatic carbocycles. The van der Waals surface area contributed by atoms with Gasteiger partial charge in [0, 0.05) is 0 Å². The number of amides is 2. The fourth-order valence-corrected chi connectivity index (χ4v) is 2.14. The van der Waals surface area contributed by atoms with Crippen LogP contribution in [0.25, 0.3) is 0 Å². The van der Waals surface area contributed by atoms with E-state index in [1.54, 1.807) is 24.3 Å². The molecule has 2 amide bonds. The number of rotatable bonds is 1. The number of hydrogen-bond acceptors (Lipinski definition) is 3. The smallest absolute Gasteiger partial charge is 0.308 e. The summed E-state index contributed by atoms with van der Waals surface area (Å²) >= 11 is 0. The molecule has 0 N–H and O–H groups in total. The van der Waals surface area contributed by atoms with Crippen LogP contribution in [0.15, 0.2) is 24.3 Å². The van der Waals surface area contributed by atoms with E-state index in [1.165, 1.54) is 0 Å². The first kappa shape index (κ1) is 9.50. The molecule has 1 fully saturated rings. The van der Waals surface area contributed by atoms with Crippen molar-refractivity contribution in [2.75, 3.05) is 13.1 Å². The molecule has 1 saturated heterocycles. The maximum absolute atomic E-state index is 12.1. The van der Waals surface area contributed by atoms with E-state index in [1.807, 2.05) is 0 Å². The van der Waals surface area contributed by atoms with Crippen LogP contribution in [0.5, 0.6) is 0 Å². The van der Waals surface area contributed by atoms with Gasteiger partial charge >= 0.3 is 11.8 Å². The number of fused-ring (bicyclic) bond motifs is 1. The third kappa shape index (κ3) is 1.01. The molecule has 3 rings (SSSR count). The lowest BCUT2D eigenvalue weighted by Gasteiger charge is -2.51.